The van der Waals surface area contributed by atoms with Crippen molar-refractivity contribution in [1.29, 1.82) is 0 Å². The van der Waals surface area contributed by atoms with Crippen LogP contribution in [0.15, 0.2) is 23.8 Å². The number of rotatable bonds is 12. The van der Waals surface area contributed by atoms with Crippen molar-refractivity contribution in [2.24, 2.45) is 23.7 Å². The third kappa shape index (κ3) is 8.11. The van der Waals surface area contributed by atoms with Crippen molar-refractivity contribution in [2.75, 3.05) is 13.7 Å². The maximum absolute atomic E-state index is 11.8. The normalized spacial score (nSPS) is 26.1. The van der Waals surface area contributed by atoms with Gasteiger partial charge in [0.1, 0.15) is 0 Å². The molecule has 0 aromatic rings. The van der Waals surface area contributed by atoms with Crippen LogP contribution >= 0.6 is 0 Å². The van der Waals surface area contributed by atoms with Crippen molar-refractivity contribution < 1.29 is 24.5 Å². The summed E-state index contributed by atoms with van der Waals surface area (Å²) in [6.45, 7) is 4.11. The third-order valence-corrected chi connectivity index (χ3v) is 6.69. The second kappa shape index (κ2) is 13.4. The number of amides is 1. The third-order valence-electron chi connectivity index (χ3n) is 6.69. The Bertz CT molecular complexity index is 747. The van der Waals surface area contributed by atoms with Crippen LogP contribution in [-0.2, 0) is 14.3 Å². The number of unbranched alkanes of at least 4 members (excludes halogenated alkanes) is 1. The average Bonchev–Trinajstić information content (AvgIpc) is 3.29. The van der Waals surface area contributed by atoms with Crippen LogP contribution in [-0.4, -0.2) is 48.0 Å². The molecule has 6 heteroatoms. The van der Waals surface area contributed by atoms with Crippen molar-refractivity contribution in [2.45, 2.75) is 77.4 Å². The van der Waals surface area contributed by atoms with Gasteiger partial charge in [0.15, 0.2) is 0 Å². The molecule has 0 aromatic carbocycles. The minimum atomic E-state index is -0.547. The Hall–Kier alpha value is -2.10. The van der Waals surface area contributed by atoms with E-state index in [1.807, 2.05) is 19.1 Å². The van der Waals surface area contributed by atoms with Gasteiger partial charge in [-0.2, -0.15) is 0 Å². The summed E-state index contributed by atoms with van der Waals surface area (Å²) in [5.74, 6) is 6.47. The fourth-order valence-corrected chi connectivity index (χ4v) is 4.74. The summed E-state index contributed by atoms with van der Waals surface area (Å²) in [4.78, 5) is 22.9. The van der Waals surface area contributed by atoms with Crippen LogP contribution in [0.25, 0.3) is 0 Å². The predicted molar refractivity (Wildman–Crippen MR) is 124 cm³/mol. The van der Waals surface area contributed by atoms with Gasteiger partial charge < -0.3 is 20.3 Å². The number of allylic oxidation sites excluding steroid dienone is 2. The number of aliphatic hydroxyl groups is 2. The van der Waals surface area contributed by atoms with Gasteiger partial charge >= 0.3 is 5.97 Å². The number of hydrogen-bond acceptors (Lipinski definition) is 5. The van der Waals surface area contributed by atoms with Gasteiger partial charge in [0, 0.05) is 25.3 Å². The molecule has 0 spiro atoms. The Labute approximate surface area is 192 Å². The molecule has 2 aliphatic rings. The van der Waals surface area contributed by atoms with Gasteiger partial charge in [-0.15, -0.1) is 11.8 Å². The van der Waals surface area contributed by atoms with Gasteiger partial charge in [-0.1, -0.05) is 30.7 Å². The molecule has 2 rings (SSSR count). The Morgan fingerprint density at radius 2 is 2.12 bits per heavy atom. The molecule has 0 unspecified atom stereocenters. The molecule has 1 saturated carbocycles. The van der Waals surface area contributed by atoms with Crippen molar-refractivity contribution >= 4 is 11.9 Å². The van der Waals surface area contributed by atoms with Crippen molar-refractivity contribution in [3.8, 4) is 11.8 Å². The van der Waals surface area contributed by atoms with E-state index in [0.717, 1.165) is 32.1 Å². The van der Waals surface area contributed by atoms with Crippen molar-refractivity contribution in [3.05, 3.63) is 23.8 Å². The number of esters is 1. The standard InChI is InChI=1S/C26H39NO5/c1-4-5-8-18(2)23(28)12-11-21-22-16-19(15-20(22)17-24(21)29)9-6-7-10-25(30)27-14-13-26(31)32-3/h11-12,15,18,20-24,28-29H,6-10,13-14,16-17H2,1-3H3,(H,27,30)/t18-,20+,21-,22+,23-,24-/m1/s1. The van der Waals surface area contributed by atoms with E-state index < -0.39 is 6.10 Å². The van der Waals surface area contributed by atoms with Gasteiger partial charge in [-0.25, -0.2) is 0 Å². The molecule has 2 aliphatic carbocycles. The average molecular weight is 446 g/mol. The van der Waals surface area contributed by atoms with Gasteiger partial charge in [-0.05, 0) is 56.8 Å². The lowest BCUT2D eigenvalue weighted by Crippen LogP contribution is -2.25. The number of fused-ring (bicyclic) bond motifs is 1. The highest BCUT2D eigenvalue weighted by Crippen LogP contribution is 2.48. The Kier molecular flexibility index (Phi) is 11.0. The largest absolute Gasteiger partial charge is 0.469 e. The quantitative estimate of drug-likeness (QED) is 0.186. The monoisotopic (exact) mass is 445 g/mol. The van der Waals surface area contributed by atoms with Gasteiger partial charge in [0.2, 0.25) is 5.91 Å². The lowest BCUT2D eigenvalue weighted by atomic mass is 9.88. The second-order valence-electron chi connectivity index (χ2n) is 9.10. The number of carbonyl (C=O) groups is 2. The topological polar surface area (TPSA) is 95.9 Å². The molecule has 1 fully saturated rings. The first kappa shape index (κ1) is 26.2. The highest BCUT2D eigenvalue weighted by atomic mass is 16.5. The molecule has 6 nitrogen and oxygen atoms in total. The predicted octanol–water partition coefficient (Wildman–Crippen LogP) is 3.14. The van der Waals surface area contributed by atoms with Gasteiger partial charge in [0.25, 0.3) is 0 Å². The smallest absolute Gasteiger partial charge is 0.307 e. The molecule has 178 valence electrons. The van der Waals surface area contributed by atoms with E-state index in [9.17, 15) is 19.8 Å². The number of nitrogens with one attached hydrogen (secondary N) is 1. The maximum atomic E-state index is 11.8. The second-order valence-corrected chi connectivity index (χ2v) is 9.10. The minimum Gasteiger partial charge on any atom is -0.469 e. The summed E-state index contributed by atoms with van der Waals surface area (Å²) in [6.07, 6.45) is 11.1. The lowest BCUT2D eigenvalue weighted by molar-refractivity contribution is -0.140. The summed E-state index contributed by atoms with van der Waals surface area (Å²) >= 11 is 0. The zero-order valence-corrected chi connectivity index (χ0v) is 19.7. The maximum Gasteiger partial charge on any atom is 0.307 e. The van der Waals surface area contributed by atoms with Crippen LogP contribution in [0.5, 0.6) is 0 Å². The molecule has 0 aromatic heterocycles. The van der Waals surface area contributed by atoms with Crippen molar-refractivity contribution in [1.82, 2.24) is 5.32 Å². The number of hydrogen-bond donors (Lipinski definition) is 3. The molecule has 0 heterocycles. The molecular formula is C26H39NO5. The number of carbonyl (C=O) groups excluding carboxylic acids is 2. The fraction of sp³-hybridized carbons (Fsp3) is 0.692. The molecule has 3 N–H and O–H groups in total. The molecule has 0 aliphatic heterocycles. The zero-order chi connectivity index (χ0) is 23.5. The van der Waals surface area contributed by atoms with E-state index in [2.05, 4.69) is 28.0 Å². The van der Waals surface area contributed by atoms with E-state index >= 15 is 0 Å². The lowest BCUT2D eigenvalue weighted by Gasteiger charge is -2.20. The number of ether oxygens (including phenoxy) is 1. The first-order chi connectivity index (χ1) is 15.3. The Morgan fingerprint density at radius 1 is 1.34 bits per heavy atom. The summed E-state index contributed by atoms with van der Waals surface area (Å²) in [6, 6.07) is 0. The van der Waals surface area contributed by atoms with Crippen LogP contribution < -0.4 is 5.32 Å². The van der Waals surface area contributed by atoms with E-state index in [1.54, 1.807) is 6.92 Å². The van der Waals surface area contributed by atoms with E-state index in [-0.39, 0.29) is 36.2 Å². The zero-order valence-electron chi connectivity index (χ0n) is 19.7. The molecule has 32 heavy (non-hydrogen) atoms. The Morgan fingerprint density at radius 3 is 2.84 bits per heavy atom. The minimum absolute atomic E-state index is 0.0304. The molecular weight excluding hydrogens is 406 g/mol. The van der Waals surface area contributed by atoms with Crippen LogP contribution in [0.3, 0.4) is 0 Å². The van der Waals surface area contributed by atoms with Crippen LogP contribution in [0.1, 0.15) is 65.2 Å². The fourth-order valence-electron chi connectivity index (χ4n) is 4.74. The first-order valence-corrected chi connectivity index (χ1v) is 11.8. The molecule has 6 atom stereocenters. The van der Waals surface area contributed by atoms with E-state index in [4.69, 9.17) is 0 Å². The van der Waals surface area contributed by atoms with Gasteiger partial charge in [0.05, 0.1) is 25.7 Å². The molecule has 0 saturated heterocycles. The number of aliphatic hydroxyl groups excluding tert-OH is 2. The SMILES string of the molecule is CC#CC[C@@H](C)[C@H](O)C=C[C@@H]1[C@H]2CC(CCCCC(=O)NCCC(=O)OC)=C[C@H]2C[C@H]1O. The highest BCUT2D eigenvalue weighted by molar-refractivity contribution is 5.76. The molecule has 0 radical (unpaired) electrons. The molecule has 0 bridgehead atoms. The van der Waals surface area contributed by atoms with Crippen LogP contribution in [0, 0.1) is 35.5 Å². The summed E-state index contributed by atoms with van der Waals surface area (Å²) < 4.78 is 4.55. The molecule has 1 amide bonds. The van der Waals surface area contributed by atoms with Crippen LogP contribution in [0.2, 0.25) is 0 Å². The first-order valence-electron chi connectivity index (χ1n) is 11.8. The summed E-state index contributed by atoms with van der Waals surface area (Å²) in [7, 11) is 1.34. The van der Waals surface area contributed by atoms with Crippen molar-refractivity contribution in [3.63, 3.8) is 0 Å². The van der Waals surface area contributed by atoms with Gasteiger partial charge in [-0.3, -0.25) is 9.59 Å². The van der Waals surface area contributed by atoms with Crippen LogP contribution in [0.4, 0.5) is 0 Å². The Balaban J connectivity index is 1.71. The van der Waals surface area contributed by atoms with E-state index in [1.165, 1.54) is 12.7 Å². The van der Waals surface area contributed by atoms with E-state index in [0.29, 0.717) is 31.2 Å². The number of methoxy groups -OCH3 is 1. The summed E-state index contributed by atoms with van der Waals surface area (Å²) in [5.41, 5.74) is 1.42. The summed E-state index contributed by atoms with van der Waals surface area (Å²) in [5, 5.41) is 23.6. The highest BCUT2D eigenvalue weighted by Gasteiger charge is 2.43.